The molecule has 0 saturated carbocycles. The lowest BCUT2D eigenvalue weighted by atomic mass is 9.99. The SMILES string of the molecule is Cc1ccc2c(c1C#CCC=O)C(=O)C(=O)N2. The number of fused-ring (bicyclic) bond motifs is 1. The number of Topliss-reactive ketones (excluding diaryl/α,β-unsaturated/α-hetero) is 1. The molecule has 0 radical (unpaired) electrons. The van der Waals surface area contributed by atoms with Crippen LogP contribution in [0.1, 0.15) is 27.9 Å². The molecule has 1 heterocycles. The van der Waals surface area contributed by atoms with Crippen LogP contribution in [0.3, 0.4) is 0 Å². The predicted molar refractivity (Wildman–Crippen MR) is 61.7 cm³/mol. The zero-order valence-electron chi connectivity index (χ0n) is 9.16. The first-order valence-electron chi connectivity index (χ1n) is 5.07. The summed E-state index contributed by atoms with van der Waals surface area (Å²) < 4.78 is 0. The van der Waals surface area contributed by atoms with Gasteiger partial charge in [-0.05, 0) is 18.6 Å². The molecule has 1 N–H and O–H groups in total. The number of hydrogen-bond acceptors (Lipinski definition) is 3. The zero-order chi connectivity index (χ0) is 12.4. The van der Waals surface area contributed by atoms with Crippen LogP contribution in [-0.4, -0.2) is 18.0 Å². The van der Waals surface area contributed by atoms with E-state index in [1.54, 1.807) is 19.1 Å². The summed E-state index contributed by atoms with van der Waals surface area (Å²) in [5, 5.41) is 2.48. The van der Waals surface area contributed by atoms with E-state index < -0.39 is 11.7 Å². The van der Waals surface area contributed by atoms with Gasteiger partial charge >= 0.3 is 0 Å². The lowest BCUT2D eigenvalue weighted by Gasteiger charge is -2.03. The van der Waals surface area contributed by atoms with E-state index in [-0.39, 0.29) is 6.42 Å². The average molecular weight is 227 g/mol. The molecule has 0 saturated heterocycles. The molecule has 1 aliphatic heterocycles. The molecule has 0 spiro atoms. The molecule has 1 amide bonds. The lowest BCUT2D eigenvalue weighted by molar-refractivity contribution is -0.112. The summed E-state index contributed by atoms with van der Waals surface area (Å²) in [6, 6.07) is 3.46. The van der Waals surface area contributed by atoms with E-state index in [1.807, 2.05) is 0 Å². The molecular weight excluding hydrogens is 218 g/mol. The van der Waals surface area contributed by atoms with Gasteiger partial charge in [-0.15, -0.1) is 0 Å². The molecule has 84 valence electrons. The van der Waals surface area contributed by atoms with Crippen molar-refractivity contribution in [1.82, 2.24) is 0 Å². The molecule has 0 aromatic heterocycles. The number of anilines is 1. The Balaban J connectivity index is 2.58. The highest BCUT2D eigenvalue weighted by atomic mass is 16.2. The Morgan fingerprint density at radius 2 is 2.12 bits per heavy atom. The minimum atomic E-state index is -0.635. The van der Waals surface area contributed by atoms with Gasteiger partial charge in [-0.25, -0.2) is 0 Å². The molecule has 1 aromatic rings. The van der Waals surface area contributed by atoms with Gasteiger partial charge in [0.15, 0.2) is 0 Å². The van der Waals surface area contributed by atoms with Crippen LogP contribution in [0.4, 0.5) is 5.69 Å². The average Bonchev–Trinajstić information content (AvgIpc) is 2.59. The van der Waals surface area contributed by atoms with Gasteiger partial charge in [0.2, 0.25) is 0 Å². The van der Waals surface area contributed by atoms with Gasteiger partial charge in [-0.1, -0.05) is 17.9 Å². The number of rotatable bonds is 1. The van der Waals surface area contributed by atoms with Gasteiger partial charge in [-0.2, -0.15) is 0 Å². The Morgan fingerprint density at radius 1 is 1.35 bits per heavy atom. The van der Waals surface area contributed by atoms with Crippen LogP contribution in [0.2, 0.25) is 0 Å². The molecule has 0 unspecified atom stereocenters. The van der Waals surface area contributed by atoms with E-state index in [0.29, 0.717) is 23.1 Å². The summed E-state index contributed by atoms with van der Waals surface area (Å²) in [4.78, 5) is 33.1. The monoisotopic (exact) mass is 227 g/mol. The Bertz CT molecular complexity index is 591. The summed E-state index contributed by atoms with van der Waals surface area (Å²) in [5.74, 6) is 4.21. The number of aldehydes is 1. The molecule has 17 heavy (non-hydrogen) atoms. The van der Waals surface area contributed by atoms with Crippen LogP contribution >= 0.6 is 0 Å². The molecule has 0 fully saturated rings. The van der Waals surface area contributed by atoms with Crippen molar-refractivity contribution in [1.29, 1.82) is 0 Å². The van der Waals surface area contributed by atoms with E-state index in [1.165, 1.54) is 0 Å². The quantitative estimate of drug-likeness (QED) is 0.443. The van der Waals surface area contributed by atoms with Crippen molar-refractivity contribution >= 4 is 23.7 Å². The van der Waals surface area contributed by atoms with Crippen LogP contribution < -0.4 is 5.32 Å². The van der Waals surface area contributed by atoms with Crippen molar-refractivity contribution < 1.29 is 14.4 Å². The standard InChI is InChI=1S/C13H9NO3/c1-8-5-6-10-11(12(16)13(17)14-10)9(8)4-2-3-7-15/h5-7H,3H2,1H3,(H,14,16,17). The first-order valence-corrected chi connectivity index (χ1v) is 5.07. The summed E-state index contributed by atoms with van der Waals surface area (Å²) in [7, 11) is 0. The zero-order valence-corrected chi connectivity index (χ0v) is 9.16. The van der Waals surface area contributed by atoms with Crippen LogP contribution in [0.15, 0.2) is 12.1 Å². The number of hydrogen-bond donors (Lipinski definition) is 1. The maximum atomic E-state index is 11.7. The fourth-order valence-electron chi connectivity index (χ4n) is 1.68. The van der Waals surface area contributed by atoms with E-state index in [4.69, 9.17) is 0 Å². The Morgan fingerprint density at radius 3 is 2.82 bits per heavy atom. The minimum absolute atomic E-state index is 0.110. The summed E-state index contributed by atoms with van der Waals surface area (Å²) >= 11 is 0. The molecular formula is C13H9NO3. The second kappa shape index (κ2) is 4.22. The van der Waals surface area contributed by atoms with Crippen molar-refractivity contribution in [3.05, 3.63) is 28.8 Å². The summed E-state index contributed by atoms with van der Waals surface area (Å²) in [6.45, 7) is 1.81. The van der Waals surface area contributed by atoms with Gasteiger partial charge in [0.05, 0.1) is 17.7 Å². The Kier molecular flexibility index (Phi) is 2.75. The van der Waals surface area contributed by atoms with Gasteiger partial charge in [0.1, 0.15) is 6.29 Å². The van der Waals surface area contributed by atoms with Crippen LogP contribution in [0.5, 0.6) is 0 Å². The third-order valence-electron chi connectivity index (χ3n) is 2.49. The third-order valence-corrected chi connectivity index (χ3v) is 2.49. The molecule has 1 aromatic carbocycles. The number of carbonyl (C=O) groups is 3. The van der Waals surface area contributed by atoms with E-state index >= 15 is 0 Å². The minimum Gasteiger partial charge on any atom is -0.318 e. The topological polar surface area (TPSA) is 63.2 Å². The number of ketones is 1. The van der Waals surface area contributed by atoms with Gasteiger partial charge in [-0.3, -0.25) is 9.59 Å². The number of nitrogens with one attached hydrogen (secondary N) is 1. The molecule has 0 bridgehead atoms. The molecule has 4 heteroatoms. The fourth-order valence-corrected chi connectivity index (χ4v) is 1.68. The molecule has 0 atom stereocenters. The molecule has 1 aliphatic rings. The molecule has 0 aliphatic carbocycles. The Hall–Kier alpha value is -2.41. The van der Waals surface area contributed by atoms with E-state index in [2.05, 4.69) is 17.2 Å². The van der Waals surface area contributed by atoms with Gasteiger partial charge in [0.25, 0.3) is 11.7 Å². The second-order valence-electron chi connectivity index (χ2n) is 3.64. The highest BCUT2D eigenvalue weighted by molar-refractivity contribution is 6.52. The van der Waals surface area contributed by atoms with Crippen molar-refractivity contribution in [2.75, 3.05) is 5.32 Å². The first-order chi connectivity index (χ1) is 8.15. The van der Waals surface area contributed by atoms with Crippen molar-refractivity contribution in [3.63, 3.8) is 0 Å². The van der Waals surface area contributed by atoms with Crippen molar-refractivity contribution in [2.45, 2.75) is 13.3 Å². The number of carbonyl (C=O) groups excluding carboxylic acids is 3. The van der Waals surface area contributed by atoms with Crippen LogP contribution in [0, 0.1) is 18.8 Å². The predicted octanol–water partition coefficient (Wildman–Crippen LogP) is 1.07. The maximum Gasteiger partial charge on any atom is 0.296 e. The number of amides is 1. The molecule has 2 rings (SSSR count). The third kappa shape index (κ3) is 1.83. The van der Waals surface area contributed by atoms with Gasteiger partial charge in [0, 0.05) is 5.56 Å². The highest BCUT2D eigenvalue weighted by Crippen LogP contribution is 2.28. The van der Waals surface area contributed by atoms with E-state index in [9.17, 15) is 14.4 Å². The number of benzene rings is 1. The number of aryl methyl sites for hydroxylation is 1. The van der Waals surface area contributed by atoms with Crippen LogP contribution in [-0.2, 0) is 9.59 Å². The normalized spacial score (nSPS) is 12.5. The smallest absolute Gasteiger partial charge is 0.296 e. The summed E-state index contributed by atoms with van der Waals surface area (Å²) in [6.07, 6.45) is 0.801. The largest absolute Gasteiger partial charge is 0.318 e. The molecule has 4 nitrogen and oxygen atoms in total. The first kappa shape index (κ1) is 11.1. The summed E-state index contributed by atoms with van der Waals surface area (Å²) in [5.41, 5.74) is 2.13. The van der Waals surface area contributed by atoms with Crippen molar-refractivity contribution in [2.24, 2.45) is 0 Å². The lowest BCUT2D eigenvalue weighted by Crippen LogP contribution is -2.13. The second-order valence-corrected chi connectivity index (χ2v) is 3.64. The van der Waals surface area contributed by atoms with Gasteiger partial charge < -0.3 is 10.1 Å². The van der Waals surface area contributed by atoms with E-state index in [0.717, 1.165) is 5.56 Å². The van der Waals surface area contributed by atoms with Crippen molar-refractivity contribution in [3.8, 4) is 11.8 Å². The van der Waals surface area contributed by atoms with Crippen LogP contribution in [0.25, 0.3) is 0 Å². The maximum absolute atomic E-state index is 11.7. The Labute approximate surface area is 98.0 Å². The fraction of sp³-hybridized carbons (Fsp3) is 0.154. The highest BCUT2D eigenvalue weighted by Gasteiger charge is 2.30.